The van der Waals surface area contributed by atoms with Crippen molar-refractivity contribution in [1.29, 1.82) is 0 Å². The van der Waals surface area contributed by atoms with Crippen molar-refractivity contribution in [3.05, 3.63) is 59.7 Å². The van der Waals surface area contributed by atoms with E-state index >= 15 is 0 Å². The summed E-state index contributed by atoms with van der Waals surface area (Å²) in [4.78, 5) is 35.9. The maximum absolute atomic E-state index is 12.9. The lowest BCUT2D eigenvalue weighted by Crippen LogP contribution is -2.56. The average Bonchev–Trinajstić information content (AvgIpc) is 3.08. The molecule has 2 aromatic carbocycles. The van der Waals surface area contributed by atoms with Gasteiger partial charge in [0.05, 0.1) is 0 Å². The summed E-state index contributed by atoms with van der Waals surface area (Å²) in [6.45, 7) is 3.37. The number of amides is 2. The molecule has 3 N–H and O–H groups in total. The zero-order valence-electron chi connectivity index (χ0n) is 18.6. The number of carboxylic acids is 1. The van der Waals surface area contributed by atoms with Crippen LogP contribution in [0.3, 0.4) is 0 Å². The molecule has 0 aliphatic heterocycles. The summed E-state index contributed by atoms with van der Waals surface area (Å²) in [6.07, 6.45) is -6.19. The number of benzene rings is 2. The highest BCUT2D eigenvalue weighted by atomic mass is 19.4. The van der Waals surface area contributed by atoms with Crippen LogP contribution >= 0.6 is 0 Å². The quantitative estimate of drug-likeness (QED) is 0.531. The second kappa shape index (κ2) is 10.1. The molecule has 0 saturated heterocycles. The first-order valence-corrected chi connectivity index (χ1v) is 10.7. The van der Waals surface area contributed by atoms with Gasteiger partial charge in [-0.15, -0.1) is 0 Å². The fourth-order valence-electron chi connectivity index (χ4n) is 4.01. The minimum atomic E-state index is -5.19. The first kappa shape index (κ1) is 25.1. The molecule has 1 aliphatic carbocycles. The normalized spacial score (nSPS) is 14.6. The number of carbonyl (C=O) groups is 3. The summed E-state index contributed by atoms with van der Waals surface area (Å²) >= 11 is 0. The van der Waals surface area contributed by atoms with Crippen LogP contribution in [0.2, 0.25) is 0 Å². The van der Waals surface area contributed by atoms with Crippen LogP contribution in [-0.2, 0) is 14.3 Å². The molecule has 0 saturated carbocycles. The predicted molar refractivity (Wildman–Crippen MR) is 117 cm³/mol. The van der Waals surface area contributed by atoms with E-state index in [-0.39, 0.29) is 24.9 Å². The summed E-state index contributed by atoms with van der Waals surface area (Å²) in [5.74, 6) is -3.92. The van der Waals surface area contributed by atoms with Gasteiger partial charge in [0.1, 0.15) is 12.6 Å². The molecule has 7 nitrogen and oxygen atoms in total. The number of halogens is 3. The van der Waals surface area contributed by atoms with E-state index in [0.717, 1.165) is 22.3 Å². The second-order valence-corrected chi connectivity index (χ2v) is 8.47. The first-order chi connectivity index (χ1) is 16.0. The number of carboxylic acid groups (broad SMARTS) is 1. The summed E-state index contributed by atoms with van der Waals surface area (Å²) in [5.41, 5.74) is 4.00. The Labute approximate surface area is 194 Å². The molecule has 2 atom stereocenters. The van der Waals surface area contributed by atoms with E-state index in [1.54, 1.807) is 13.8 Å². The zero-order chi connectivity index (χ0) is 25.0. The van der Waals surface area contributed by atoms with E-state index in [4.69, 9.17) is 9.84 Å². The number of rotatable bonds is 8. The first-order valence-electron chi connectivity index (χ1n) is 10.7. The Kier molecular flexibility index (Phi) is 7.48. The molecule has 3 rings (SSSR count). The molecule has 2 aromatic rings. The van der Waals surface area contributed by atoms with Crippen LogP contribution < -0.4 is 10.6 Å². The van der Waals surface area contributed by atoms with Crippen molar-refractivity contribution in [3.8, 4) is 11.1 Å². The van der Waals surface area contributed by atoms with Gasteiger partial charge in [-0.25, -0.2) is 9.59 Å². The maximum atomic E-state index is 12.9. The van der Waals surface area contributed by atoms with Gasteiger partial charge in [-0.1, -0.05) is 62.4 Å². The maximum Gasteiger partial charge on any atom is 0.419 e. The lowest BCUT2D eigenvalue weighted by Gasteiger charge is -2.24. The van der Waals surface area contributed by atoms with Crippen molar-refractivity contribution in [1.82, 2.24) is 10.6 Å². The van der Waals surface area contributed by atoms with Crippen molar-refractivity contribution >= 4 is 18.0 Å². The molecule has 10 heteroatoms. The Morgan fingerprint density at radius 1 is 0.971 bits per heavy atom. The molecule has 2 unspecified atom stereocenters. The van der Waals surface area contributed by atoms with E-state index in [2.05, 4.69) is 5.32 Å². The summed E-state index contributed by atoms with van der Waals surface area (Å²) < 4.78 is 44.2. The number of hydrogen-bond acceptors (Lipinski definition) is 4. The molecule has 1 aliphatic rings. The topological polar surface area (TPSA) is 105 Å². The number of aliphatic carboxylic acids is 1. The minimum Gasteiger partial charge on any atom is -0.479 e. The van der Waals surface area contributed by atoms with Crippen molar-refractivity contribution in [2.24, 2.45) is 5.92 Å². The second-order valence-electron chi connectivity index (χ2n) is 8.47. The van der Waals surface area contributed by atoms with Crippen molar-refractivity contribution < 1.29 is 37.4 Å². The van der Waals surface area contributed by atoms with Crippen LogP contribution in [0, 0.1) is 5.92 Å². The molecule has 0 spiro atoms. The predicted octanol–water partition coefficient (Wildman–Crippen LogP) is 4.07. The Morgan fingerprint density at radius 3 is 1.97 bits per heavy atom. The van der Waals surface area contributed by atoms with Crippen molar-refractivity contribution in [2.45, 2.75) is 44.4 Å². The number of hydrogen-bond donors (Lipinski definition) is 3. The zero-order valence-corrected chi connectivity index (χ0v) is 18.6. The number of alkyl halides is 3. The van der Waals surface area contributed by atoms with Gasteiger partial charge >= 0.3 is 18.2 Å². The van der Waals surface area contributed by atoms with E-state index in [1.165, 1.54) is 5.32 Å². The molecule has 34 heavy (non-hydrogen) atoms. The van der Waals surface area contributed by atoms with Gasteiger partial charge in [-0.2, -0.15) is 13.2 Å². The van der Waals surface area contributed by atoms with E-state index in [1.807, 2.05) is 48.5 Å². The van der Waals surface area contributed by atoms with Crippen LogP contribution in [0.1, 0.15) is 37.3 Å². The fourth-order valence-corrected chi connectivity index (χ4v) is 4.01. The smallest absolute Gasteiger partial charge is 0.419 e. The summed E-state index contributed by atoms with van der Waals surface area (Å²) in [7, 11) is 0. The Hall–Kier alpha value is -3.56. The number of ether oxygens (including phenoxy) is 1. The molecule has 0 heterocycles. The lowest BCUT2D eigenvalue weighted by atomic mass is 9.98. The molecule has 0 fully saturated rings. The third kappa shape index (κ3) is 5.67. The molecule has 182 valence electrons. The standard InChI is InChI=1S/C24H25F3N2O5/c1-13(2)11-19(21(30)29-20(22(31)32)24(25,26)27)28-23(33)34-12-18-16-9-5-3-7-14(16)15-8-4-6-10-17(15)18/h3-10,13,18-20H,11-12H2,1-2H3,(H,28,33)(H,29,30)(H,31,32). The Morgan fingerprint density at radius 2 is 1.50 bits per heavy atom. The average molecular weight is 478 g/mol. The molecule has 0 radical (unpaired) electrons. The number of carbonyl (C=O) groups excluding carboxylic acids is 2. The SMILES string of the molecule is CC(C)CC(NC(=O)OCC1c2ccccc2-c2ccccc21)C(=O)NC(C(=O)O)C(F)(F)F. The Bertz CT molecular complexity index is 1030. The van der Waals surface area contributed by atoms with Crippen LogP contribution in [0.4, 0.5) is 18.0 Å². The van der Waals surface area contributed by atoms with Gasteiger partial charge in [-0.3, -0.25) is 4.79 Å². The van der Waals surface area contributed by atoms with E-state index in [0.29, 0.717) is 0 Å². The molecular formula is C24H25F3N2O5. The van der Waals surface area contributed by atoms with Gasteiger partial charge in [0.2, 0.25) is 11.9 Å². The highest BCUT2D eigenvalue weighted by Crippen LogP contribution is 2.44. The summed E-state index contributed by atoms with van der Waals surface area (Å²) in [5, 5.41) is 12.6. The van der Waals surface area contributed by atoms with E-state index < -0.39 is 36.2 Å². The molecular weight excluding hydrogens is 453 g/mol. The number of nitrogens with one attached hydrogen (secondary N) is 2. The summed E-state index contributed by atoms with van der Waals surface area (Å²) in [6, 6.07) is 10.9. The third-order valence-electron chi connectivity index (χ3n) is 5.52. The molecule has 0 aromatic heterocycles. The Balaban J connectivity index is 1.69. The van der Waals surface area contributed by atoms with Gasteiger partial charge in [0.15, 0.2) is 0 Å². The van der Waals surface area contributed by atoms with Gasteiger partial charge in [-0.05, 0) is 34.6 Å². The molecule has 2 amide bonds. The highest BCUT2D eigenvalue weighted by molar-refractivity contribution is 5.89. The largest absolute Gasteiger partial charge is 0.479 e. The van der Waals surface area contributed by atoms with Crippen LogP contribution in [0.15, 0.2) is 48.5 Å². The fraction of sp³-hybridized carbons (Fsp3) is 0.375. The minimum absolute atomic E-state index is 0.0137. The van der Waals surface area contributed by atoms with Gasteiger partial charge < -0.3 is 20.5 Å². The lowest BCUT2D eigenvalue weighted by molar-refractivity contribution is -0.182. The number of fused-ring (bicyclic) bond motifs is 3. The van der Waals surface area contributed by atoms with Gasteiger partial charge in [0.25, 0.3) is 0 Å². The van der Waals surface area contributed by atoms with Crippen LogP contribution in [-0.4, -0.2) is 47.9 Å². The highest BCUT2D eigenvalue weighted by Gasteiger charge is 2.47. The third-order valence-corrected chi connectivity index (χ3v) is 5.52. The number of alkyl carbamates (subject to hydrolysis) is 1. The molecule has 0 bridgehead atoms. The van der Waals surface area contributed by atoms with Crippen molar-refractivity contribution in [3.63, 3.8) is 0 Å². The monoisotopic (exact) mass is 478 g/mol. The van der Waals surface area contributed by atoms with E-state index in [9.17, 15) is 27.6 Å². The van der Waals surface area contributed by atoms with Crippen LogP contribution in [0.5, 0.6) is 0 Å². The van der Waals surface area contributed by atoms with Gasteiger partial charge in [0, 0.05) is 5.92 Å². The van der Waals surface area contributed by atoms with Crippen LogP contribution in [0.25, 0.3) is 11.1 Å². The van der Waals surface area contributed by atoms with Crippen molar-refractivity contribution in [2.75, 3.05) is 6.61 Å².